The number of amides is 1. The highest BCUT2D eigenvalue weighted by Gasteiger charge is 2.31. The van der Waals surface area contributed by atoms with E-state index in [4.69, 9.17) is 5.73 Å². The summed E-state index contributed by atoms with van der Waals surface area (Å²) in [5.41, 5.74) is 10.3. The maximum Gasteiger partial charge on any atom is 0.221 e. The lowest BCUT2D eigenvalue weighted by Gasteiger charge is -2.26. The highest BCUT2D eigenvalue weighted by Crippen LogP contribution is 2.30. The normalized spacial score (nSPS) is 24.2. The van der Waals surface area contributed by atoms with Crippen LogP contribution in [0.4, 0.5) is 0 Å². The molecule has 150 valence electrons. The van der Waals surface area contributed by atoms with Crippen LogP contribution in [0.15, 0.2) is 54.6 Å². The topological polar surface area (TPSA) is 58.4 Å². The summed E-state index contributed by atoms with van der Waals surface area (Å²) in [7, 11) is 0. The average molecular weight is 400 g/mol. The molecule has 0 spiro atoms. The molecule has 1 aliphatic heterocycles. The van der Waals surface area contributed by atoms with Gasteiger partial charge in [0.05, 0.1) is 6.04 Å². The standard InChI is InChI=1S/C23H29N3O.ClH/c24-21-16-26(15-20(21)18-7-2-1-3-8-18)14-13-23(27)25-22-12-6-10-17-9-4-5-11-19(17)22;/h1-5,7-9,11,20-22H,6,10,12-16,24H2,(H,25,27);1H/t20-,21+,22?;/m0./s1. The van der Waals surface area contributed by atoms with Gasteiger partial charge in [0.15, 0.2) is 0 Å². The van der Waals surface area contributed by atoms with Crippen LogP contribution in [-0.2, 0) is 11.2 Å². The summed E-state index contributed by atoms with van der Waals surface area (Å²) in [6.07, 6.45) is 3.83. The Morgan fingerprint density at radius 1 is 1.07 bits per heavy atom. The lowest BCUT2D eigenvalue weighted by molar-refractivity contribution is -0.122. The molecule has 0 aromatic heterocycles. The van der Waals surface area contributed by atoms with Crippen molar-refractivity contribution in [2.75, 3.05) is 19.6 Å². The number of benzene rings is 2. The molecule has 1 heterocycles. The number of nitrogens with two attached hydrogens (primary N) is 1. The van der Waals surface area contributed by atoms with E-state index < -0.39 is 0 Å². The molecule has 2 aromatic carbocycles. The molecular weight excluding hydrogens is 370 g/mol. The molecule has 5 heteroatoms. The van der Waals surface area contributed by atoms with Crippen molar-refractivity contribution >= 4 is 18.3 Å². The first kappa shape index (κ1) is 20.8. The number of likely N-dealkylation sites (tertiary alicyclic amines) is 1. The summed E-state index contributed by atoms with van der Waals surface area (Å²) in [6.45, 7) is 2.57. The van der Waals surface area contributed by atoms with Gasteiger partial charge in [-0.05, 0) is 36.0 Å². The third kappa shape index (κ3) is 4.75. The number of hydrogen-bond donors (Lipinski definition) is 2. The molecule has 3 atom stereocenters. The molecule has 0 saturated carbocycles. The second-order valence-corrected chi connectivity index (χ2v) is 7.90. The maximum absolute atomic E-state index is 12.5. The third-order valence-electron chi connectivity index (χ3n) is 6.03. The molecule has 28 heavy (non-hydrogen) atoms. The van der Waals surface area contributed by atoms with Crippen LogP contribution in [-0.4, -0.2) is 36.5 Å². The minimum atomic E-state index is 0. The number of hydrogen-bond acceptors (Lipinski definition) is 3. The van der Waals surface area contributed by atoms with Gasteiger partial charge in [-0.2, -0.15) is 0 Å². The molecule has 4 nitrogen and oxygen atoms in total. The Morgan fingerprint density at radius 2 is 1.82 bits per heavy atom. The van der Waals surface area contributed by atoms with E-state index in [0.717, 1.165) is 38.9 Å². The van der Waals surface area contributed by atoms with E-state index in [1.165, 1.54) is 16.7 Å². The summed E-state index contributed by atoms with van der Waals surface area (Å²) >= 11 is 0. The number of halogens is 1. The molecule has 4 rings (SSSR count). The summed E-state index contributed by atoms with van der Waals surface area (Å²) in [5.74, 6) is 0.507. The first-order valence-corrected chi connectivity index (χ1v) is 10.1. The van der Waals surface area contributed by atoms with Crippen molar-refractivity contribution in [3.05, 3.63) is 71.3 Å². The van der Waals surface area contributed by atoms with E-state index in [9.17, 15) is 4.79 Å². The number of nitrogens with one attached hydrogen (secondary N) is 1. The molecule has 1 saturated heterocycles. The average Bonchev–Trinajstić information content (AvgIpc) is 3.08. The Bertz CT molecular complexity index is 782. The first-order valence-electron chi connectivity index (χ1n) is 10.1. The summed E-state index contributed by atoms with van der Waals surface area (Å²) in [4.78, 5) is 14.9. The van der Waals surface area contributed by atoms with Gasteiger partial charge in [0.25, 0.3) is 0 Å². The Labute approximate surface area is 173 Å². The van der Waals surface area contributed by atoms with Gasteiger partial charge in [-0.25, -0.2) is 0 Å². The van der Waals surface area contributed by atoms with Crippen molar-refractivity contribution in [2.45, 2.75) is 43.7 Å². The molecule has 0 bridgehead atoms. The van der Waals surface area contributed by atoms with Gasteiger partial charge >= 0.3 is 0 Å². The van der Waals surface area contributed by atoms with E-state index in [1.54, 1.807) is 0 Å². The van der Waals surface area contributed by atoms with Crippen molar-refractivity contribution in [1.82, 2.24) is 10.2 Å². The van der Waals surface area contributed by atoms with E-state index in [1.807, 2.05) is 6.07 Å². The molecule has 1 fully saturated rings. The lowest BCUT2D eigenvalue weighted by atomic mass is 9.87. The highest BCUT2D eigenvalue weighted by molar-refractivity contribution is 5.85. The minimum absolute atomic E-state index is 0. The molecular formula is C23H30ClN3O. The quantitative estimate of drug-likeness (QED) is 0.809. The Balaban J connectivity index is 0.00000225. The first-order chi connectivity index (χ1) is 13.2. The van der Waals surface area contributed by atoms with E-state index >= 15 is 0 Å². The number of nitrogens with zero attached hydrogens (tertiary/aromatic N) is 1. The fourth-order valence-electron chi connectivity index (χ4n) is 4.58. The monoisotopic (exact) mass is 399 g/mol. The Kier molecular flexibility index (Phi) is 7.11. The van der Waals surface area contributed by atoms with Gasteiger partial charge in [-0.15, -0.1) is 12.4 Å². The third-order valence-corrected chi connectivity index (χ3v) is 6.03. The van der Waals surface area contributed by atoms with Gasteiger partial charge in [0.1, 0.15) is 0 Å². The van der Waals surface area contributed by atoms with Crippen molar-refractivity contribution in [3.8, 4) is 0 Å². The molecule has 1 amide bonds. The van der Waals surface area contributed by atoms with Crippen LogP contribution >= 0.6 is 12.4 Å². The largest absolute Gasteiger partial charge is 0.349 e. The lowest BCUT2D eigenvalue weighted by Crippen LogP contribution is -2.34. The molecule has 2 aromatic rings. The zero-order valence-corrected chi connectivity index (χ0v) is 17.0. The van der Waals surface area contributed by atoms with Crippen molar-refractivity contribution in [2.24, 2.45) is 5.73 Å². The van der Waals surface area contributed by atoms with Crippen LogP contribution in [0.1, 0.15) is 47.9 Å². The predicted molar refractivity (Wildman–Crippen MR) is 116 cm³/mol. The maximum atomic E-state index is 12.5. The van der Waals surface area contributed by atoms with Gasteiger partial charge in [-0.3, -0.25) is 4.79 Å². The molecule has 1 unspecified atom stereocenters. The predicted octanol–water partition coefficient (Wildman–Crippen LogP) is 3.42. The number of fused-ring (bicyclic) bond motifs is 1. The minimum Gasteiger partial charge on any atom is -0.349 e. The summed E-state index contributed by atoms with van der Waals surface area (Å²) in [6, 6.07) is 19.3. The second-order valence-electron chi connectivity index (χ2n) is 7.90. The van der Waals surface area contributed by atoms with Crippen molar-refractivity contribution in [1.29, 1.82) is 0 Å². The van der Waals surface area contributed by atoms with Crippen molar-refractivity contribution in [3.63, 3.8) is 0 Å². The van der Waals surface area contributed by atoms with Crippen LogP contribution in [0, 0.1) is 0 Å². The zero-order valence-electron chi connectivity index (χ0n) is 16.2. The van der Waals surface area contributed by atoms with Gasteiger partial charge in [-0.1, -0.05) is 54.6 Å². The van der Waals surface area contributed by atoms with Crippen LogP contribution < -0.4 is 11.1 Å². The van der Waals surface area contributed by atoms with Crippen LogP contribution in [0.5, 0.6) is 0 Å². The number of rotatable bonds is 5. The van der Waals surface area contributed by atoms with E-state index in [0.29, 0.717) is 12.3 Å². The molecule has 3 N–H and O–H groups in total. The van der Waals surface area contributed by atoms with Crippen LogP contribution in [0.2, 0.25) is 0 Å². The van der Waals surface area contributed by atoms with Crippen LogP contribution in [0.3, 0.4) is 0 Å². The van der Waals surface area contributed by atoms with Gasteiger partial charge in [0.2, 0.25) is 5.91 Å². The SMILES string of the molecule is Cl.N[C@@H]1CN(CCC(=O)NC2CCCc3ccccc32)C[C@H]1c1ccccc1. The smallest absolute Gasteiger partial charge is 0.221 e. The highest BCUT2D eigenvalue weighted by atomic mass is 35.5. The number of carbonyl (C=O) groups is 1. The second kappa shape index (κ2) is 9.55. The van der Waals surface area contributed by atoms with E-state index in [-0.39, 0.29) is 30.4 Å². The van der Waals surface area contributed by atoms with Crippen molar-refractivity contribution < 1.29 is 4.79 Å². The Morgan fingerprint density at radius 3 is 2.64 bits per heavy atom. The molecule has 0 radical (unpaired) electrons. The fraction of sp³-hybridized carbons (Fsp3) is 0.435. The number of aryl methyl sites for hydroxylation is 1. The summed E-state index contributed by atoms with van der Waals surface area (Å²) < 4.78 is 0. The van der Waals surface area contributed by atoms with Gasteiger partial charge < -0.3 is 16.0 Å². The van der Waals surface area contributed by atoms with Crippen LogP contribution in [0.25, 0.3) is 0 Å². The Hall–Kier alpha value is -1.88. The molecule has 1 aliphatic carbocycles. The summed E-state index contributed by atoms with van der Waals surface area (Å²) in [5, 5.41) is 3.26. The zero-order chi connectivity index (χ0) is 18.6. The van der Waals surface area contributed by atoms with E-state index in [2.05, 4.69) is 58.7 Å². The number of carbonyl (C=O) groups excluding carboxylic acids is 1. The van der Waals surface area contributed by atoms with Gasteiger partial charge in [0, 0.05) is 38.0 Å². The molecule has 2 aliphatic rings. The fourth-order valence-corrected chi connectivity index (χ4v) is 4.58.